The van der Waals surface area contributed by atoms with Crippen LogP contribution in [0.25, 0.3) is 22.3 Å². The van der Waals surface area contributed by atoms with Crippen molar-refractivity contribution in [1.82, 2.24) is 0 Å². The Hall–Kier alpha value is -5.80. The van der Waals surface area contributed by atoms with Gasteiger partial charge in [-0.2, -0.15) is 0 Å². The molecular formula is C52H41BN2. The van der Waals surface area contributed by atoms with E-state index >= 15 is 0 Å². The van der Waals surface area contributed by atoms with Crippen LogP contribution in [0.2, 0.25) is 0 Å². The van der Waals surface area contributed by atoms with E-state index in [1.807, 2.05) is 0 Å². The Morgan fingerprint density at radius 2 is 0.800 bits per heavy atom. The van der Waals surface area contributed by atoms with Gasteiger partial charge in [-0.1, -0.05) is 115 Å². The van der Waals surface area contributed by atoms with Crippen LogP contribution in [0.1, 0.15) is 43.2 Å². The van der Waals surface area contributed by atoms with Crippen molar-refractivity contribution in [3.63, 3.8) is 0 Å². The second kappa shape index (κ2) is 11.1. The molecule has 262 valence electrons. The van der Waals surface area contributed by atoms with Gasteiger partial charge in [-0.25, -0.2) is 0 Å². The molecule has 7 aliphatic rings. The van der Waals surface area contributed by atoms with Gasteiger partial charge in [-0.15, -0.1) is 0 Å². The van der Waals surface area contributed by atoms with Gasteiger partial charge in [0.05, 0.1) is 0 Å². The Labute approximate surface area is 324 Å². The summed E-state index contributed by atoms with van der Waals surface area (Å²) in [6.07, 6.45) is 6.83. The number of hydrogen-bond donors (Lipinski definition) is 0. The molecule has 0 saturated heterocycles. The second-order valence-corrected chi connectivity index (χ2v) is 17.3. The van der Waals surface area contributed by atoms with Gasteiger partial charge in [0, 0.05) is 39.5 Å². The summed E-state index contributed by atoms with van der Waals surface area (Å²) in [5.74, 6) is 2.98. The number of anilines is 6. The van der Waals surface area contributed by atoms with Crippen LogP contribution >= 0.6 is 0 Å². The quantitative estimate of drug-likeness (QED) is 0.168. The number of benzene rings is 7. The highest BCUT2D eigenvalue weighted by molar-refractivity contribution is 7.01. The largest absolute Gasteiger partial charge is 0.311 e. The maximum atomic E-state index is 2.70. The van der Waals surface area contributed by atoms with Crippen molar-refractivity contribution in [3.05, 3.63) is 175 Å². The second-order valence-electron chi connectivity index (χ2n) is 17.3. The minimum absolute atomic E-state index is 0.0534. The summed E-state index contributed by atoms with van der Waals surface area (Å²) in [5.41, 5.74) is 20.8. The van der Waals surface area contributed by atoms with Crippen LogP contribution in [0.15, 0.2) is 164 Å². The fourth-order valence-corrected chi connectivity index (χ4v) is 13.1. The predicted molar refractivity (Wildman–Crippen MR) is 229 cm³/mol. The number of para-hydroxylation sites is 2. The van der Waals surface area contributed by atoms with Crippen molar-refractivity contribution in [1.29, 1.82) is 0 Å². The molecule has 0 N–H and O–H groups in total. The first-order chi connectivity index (χ1) is 27.3. The van der Waals surface area contributed by atoms with Gasteiger partial charge in [0.15, 0.2) is 0 Å². The summed E-state index contributed by atoms with van der Waals surface area (Å²) < 4.78 is 0. The zero-order chi connectivity index (χ0) is 35.8. The molecule has 7 aromatic rings. The molecule has 3 heterocycles. The van der Waals surface area contributed by atoms with E-state index in [1.54, 1.807) is 22.1 Å². The first-order valence-corrected chi connectivity index (χ1v) is 20.6. The molecule has 3 heteroatoms. The Kier molecular flexibility index (Phi) is 6.18. The summed E-state index contributed by atoms with van der Waals surface area (Å²) in [5, 5.41) is 0. The van der Waals surface area contributed by atoms with Gasteiger partial charge < -0.3 is 9.80 Å². The van der Waals surface area contributed by atoms with E-state index in [1.165, 1.54) is 93.9 Å². The molecule has 4 saturated carbocycles. The van der Waals surface area contributed by atoms with Gasteiger partial charge in [-0.05, 0) is 154 Å². The molecule has 14 rings (SSSR count). The van der Waals surface area contributed by atoms with Crippen LogP contribution < -0.4 is 26.2 Å². The smallest absolute Gasteiger partial charge is 0.252 e. The number of nitrogens with zero attached hydrogens (tertiary/aromatic N) is 2. The van der Waals surface area contributed by atoms with Crippen LogP contribution in [-0.4, -0.2) is 6.71 Å². The van der Waals surface area contributed by atoms with Crippen molar-refractivity contribution >= 4 is 57.2 Å². The third kappa shape index (κ3) is 4.01. The van der Waals surface area contributed by atoms with Crippen molar-refractivity contribution in [2.75, 3.05) is 9.80 Å². The van der Waals surface area contributed by atoms with Crippen LogP contribution in [0.5, 0.6) is 0 Å². The molecule has 1 spiro atoms. The predicted octanol–water partition coefficient (Wildman–Crippen LogP) is 11.2. The van der Waals surface area contributed by atoms with Gasteiger partial charge in [0.1, 0.15) is 0 Å². The van der Waals surface area contributed by atoms with E-state index in [4.69, 9.17) is 0 Å². The molecule has 0 atom stereocenters. The van der Waals surface area contributed by atoms with Crippen molar-refractivity contribution in [3.8, 4) is 22.3 Å². The molecular weight excluding hydrogens is 663 g/mol. The van der Waals surface area contributed by atoms with Gasteiger partial charge >= 0.3 is 0 Å². The summed E-state index contributed by atoms with van der Waals surface area (Å²) >= 11 is 0. The van der Waals surface area contributed by atoms with E-state index < -0.39 is 0 Å². The topological polar surface area (TPSA) is 6.48 Å². The van der Waals surface area contributed by atoms with E-state index in [2.05, 4.69) is 174 Å². The number of rotatable bonds is 4. The fourth-order valence-electron chi connectivity index (χ4n) is 13.1. The highest BCUT2D eigenvalue weighted by Crippen LogP contribution is 2.67. The normalized spacial score (nSPS) is 22.6. The monoisotopic (exact) mass is 704 g/mol. The molecule has 4 fully saturated rings. The Balaban J connectivity index is 1.22. The lowest BCUT2D eigenvalue weighted by molar-refractivity contribution is -0.0412. The third-order valence-corrected chi connectivity index (χ3v) is 14.8. The van der Waals surface area contributed by atoms with Crippen molar-refractivity contribution < 1.29 is 0 Å². The fraction of sp³-hybridized carbons (Fsp3) is 0.192. The molecule has 0 amide bonds. The molecule has 0 radical (unpaired) electrons. The lowest BCUT2D eigenvalue weighted by Crippen LogP contribution is -2.71. The SMILES string of the molecule is c1ccc(-c2cc3c4c(c2)C2(c5cc(-c6ccccc6)cc6c5B4c4c(cccc4N6c4ccccc4)N3c3ccccc3)C3CC4CC(C3)CC2C4)cc1. The van der Waals surface area contributed by atoms with E-state index in [0.717, 1.165) is 11.8 Å². The maximum absolute atomic E-state index is 2.70. The zero-order valence-corrected chi connectivity index (χ0v) is 30.9. The van der Waals surface area contributed by atoms with Crippen LogP contribution in [0.3, 0.4) is 0 Å². The Bertz CT molecular complexity index is 2480. The molecule has 4 aliphatic carbocycles. The van der Waals surface area contributed by atoms with E-state index in [9.17, 15) is 0 Å². The van der Waals surface area contributed by atoms with Crippen molar-refractivity contribution in [2.45, 2.75) is 37.5 Å². The molecule has 0 aromatic heterocycles. The molecule has 4 bridgehead atoms. The Morgan fingerprint density at radius 1 is 0.382 bits per heavy atom. The molecule has 0 unspecified atom stereocenters. The first kappa shape index (κ1) is 30.5. The highest BCUT2D eigenvalue weighted by atomic mass is 15.2. The van der Waals surface area contributed by atoms with Crippen LogP contribution in [-0.2, 0) is 5.41 Å². The van der Waals surface area contributed by atoms with Crippen LogP contribution in [0, 0.1) is 23.7 Å². The molecule has 7 aromatic carbocycles. The summed E-state index contributed by atoms with van der Waals surface area (Å²) in [4.78, 5) is 5.25. The lowest BCUT2D eigenvalue weighted by atomic mass is 9.25. The van der Waals surface area contributed by atoms with Gasteiger partial charge in [-0.3, -0.25) is 0 Å². The minimum Gasteiger partial charge on any atom is -0.311 e. The molecule has 2 nitrogen and oxygen atoms in total. The first-order valence-electron chi connectivity index (χ1n) is 20.6. The van der Waals surface area contributed by atoms with Crippen LogP contribution in [0.4, 0.5) is 34.1 Å². The standard InChI is InChI=1S/C52H41BN2/c1-5-14-35(15-6-1)37-29-43-49-47(31-37)54(41-18-9-3-10-19-41)45-22-13-23-46-51(45)53(49)50-44(52(43)39-25-33-24-34(27-39)28-40(52)26-33)30-38(36-16-7-2-8-17-36)32-48(50)55(46)42-20-11-4-12-21-42/h1-23,29-34,39-40H,24-28H2. The lowest BCUT2D eigenvalue weighted by Gasteiger charge is -2.65. The summed E-state index contributed by atoms with van der Waals surface area (Å²) in [6, 6.07) is 62.4. The average Bonchev–Trinajstić information content (AvgIpc) is 3.24. The summed E-state index contributed by atoms with van der Waals surface area (Å²) in [7, 11) is 0. The van der Waals surface area contributed by atoms with Crippen molar-refractivity contribution in [2.24, 2.45) is 23.7 Å². The zero-order valence-electron chi connectivity index (χ0n) is 30.9. The average molecular weight is 705 g/mol. The van der Waals surface area contributed by atoms with Gasteiger partial charge in [0.25, 0.3) is 6.71 Å². The van der Waals surface area contributed by atoms with E-state index in [0.29, 0.717) is 11.8 Å². The van der Waals surface area contributed by atoms with Gasteiger partial charge in [0.2, 0.25) is 0 Å². The highest BCUT2D eigenvalue weighted by Gasteiger charge is 2.64. The molecule has 3 aliphatic heterocycles. The maximum Gasteiger partial charge on any atom is 0.252 e. The Morgan fingerprint density at radius 3 is 1.24 bits per heavy atom. The summed E-state index contributed by atoms with van der Waals surface area (Å²) in [6.45, 7) is 0.151. The minimum atomic E-state index is -0.0534. The molecule has 55 heavy (non-hydrogen) atoms. The third-order valence-electron chi connectivity index (χ3n) is 14.8. The van der Waals surface area contributed by atoms with E-state index in [-0.39, 0.29) is 12.1 Å². The number of hydrogen-bond acceptors (Lipinski definition) is 2.